The summed E-state index contributed by atoms with van der Waals surface area (Å²) >= 11 is 0. The van der Waals surface area contributed by atoms with Gasteiger partial charge in [-0.2, -0.15) is 0 Å². The molecule has 15 heavy (non-hydrogen) atoms. The Morgan fingerprint density at radius 3 is 2.67 bits per heavy atom. The van der Waals surface area contributed by atoms with E-state index in [0.717, 1.165) is 0 Å². The van der Waals surface area contributed by atoms with E-state index in [-0.39, 0.29) is 26.1 Å². The van der Waals surface area contributed by atoms with Crippen LogP contribution >= 0.6 is 0 Å². The molecule has 1 aliphatic heterocycles. The van der Waals surface area contributed by atoms with Crippen molar-refractivity contribution in [3.63, 3.8) is 0 Å². The minimum Gasteiger partial charge on any atom is -0.450 e. The second-order valence-electron chi connectivity index (χ2n) is 3.44. The molecule has 0 aromatic carbocycles. The normalized spacial score (nSPS) is 26.1. The van der Waals surface area contributed by atoms with Gasteiger partial charge in [-0.25, -0.2) is 13.6 Å². The minimum atomic E-state index is -2.60. The van der Waals surface area contributed by atoms with Gasteiger partial charge in [0, 0.05) is 20.1 Å². The lowest BCUT2D eigenvalue weighted by Gasteiger charge is -2.26. The van der Waals surface area contributed by atoms with Crippen molar-refractivity contribution in [2.24, 2.45) is 0 Å². The lowest BCUT2D eigenvalue weighted by Crippen LogP contribution is -2.43. The Labute approximate surface area is 87.1 Å². The number of ether oxygens (including phenoxy) is 2. The summed E-state index contributed by atoms with van der Waals surface area (Å²) in [7, 11) is 1.24. The van der Waals surface area contributed by atoms with Crippen molar-refractivity contribution in [2.75, 3.05) is 26.8 Å². The third-order valence-electron chi connectivity index (χ3n) is 2.59. The molecule has 1 fully saturated rings. The fraction of sp³-hybridized carbons (Fsp3) is 0.889. The average Bonchev–Trinajstić information content (AvgIpc) is 2.63. The van der Waals surface area contributed by atoms with Gasteiger partial charge in [-0.1, -0.05) is 0 Å². The summed E-state index contributed by atoms with van der Waals surface area (Å²) in [5.41, 5.74) is -1.52. The number of amides is 1. The lowest BCUT2D eigenvalue weighted by molar-refractivity contribution is -0.111. The first-order chi connectivity index (χ1) is 7.05. The van der Waals surface area contributed by atoms with Crippen molar-refractivity contribution in [1.82, 2.24) is 4.90 Å². The van der Waals surface area contributed by atoms with E-state index in [9.17, 15) is 13.6 Å². The lowest BCUT2D eigenvalue weighted by atomic mass is 10.0. The molecule has 1 amide bonds. The third-order valence-corrected chi connectivity index (χ3v) is 2.59. The number of likely N-dealkylation sites (tertiary alicyclic amines) is 1. The molecule has 4 nitrogen and oxygen atoms in total. The second kappa shape index (κ2) is 4.74. The molecule has 1 atom stereocenters. The molecule has 0 saturated carbocycles. The molecule has 0 aromatic heterocycles. The quantitative estimate of drug-likeness (QED) is 0.727. The van der Waals surface area contributed by atoms with Gasteiger partial charge in [-0.05, 0) is 6.92 Å². The monoisotopic (exact) mass is 223 g/mol. The van der Waals surface area contributed by atoms with Crippen molar-refractivity contribution in [3.8, 4) is 0 Å². The number of alkyl halides is 2. The van der Waals surface area contributed by atoms with Crippen LogP contribution in [0.25, 0.3) is 0 Å². The van der Waals surface area contributed by atoms with Crippen LogP contribution in [0.3, 0.4) is 0 Å². The molecule has 1 unspecified atom stereocenters. The predicted octanol–water partition coefficient (Wildman–Crippen LogP) is 1.50. The molecule has 0 N–H and O–H groups in total. The highest BCUT2D eigenvalue weighted by atomic mass is 19.3. The van der Waals surface area contributed by atoms with Crippen LogP contribution in [-0.2, 0) is 9.47 Å². The van der Waals surface area contributed by atoms with Gasteiger partial charge in [-0.3, -0.25) is 0 Å². The Morgan fingerprint density at radius 1 is 1.60 bits per heavy atom. The number of nitrogens with zero attached hydrogens (tertiary/aromatic N) is 1. The van der Waals surface area contributed by atoms with Gasteiger partial charge in [0.05, 0.1) is 13.2 Å². The summed E-state index contributed by atoms with van der Waals surface area (Å²) in [6, 6.07) is 0. The number of hydrogen-bond donors (Lipinski definition) is 0. The molecule has 1 saturated heterocycles. The molecule has 1 rings (SSSR count). The Kier molecular flexibility index (Phi) is 3.84. The summed E-state index contributed by atoms with van der Waals surface area (Å²) < 4.78 is 35.0. The van der Waals surface area contributed by atoms with Crippen LogP contribution in [0.1, 0.15) is 13.3 Å². The van der Waals surface area contributed by atoms with E-state index in [1.165, 1.54) is 12.0 Å². The van der Waals surface area contributed by atoms with E-state index in [1.807, 2.05) is 0 Å². The molecular weight excluding hydrogens is 208 g/mol. The summed E-state index contributed by atoms with van der Waals surface area (Å²) in [5.74, 6) is 0. The number of rotatable bonds is 3. The van der Waals surface area contributed by atoms with E-state index in [2.05, 4.69) is 0 Å². The number of halogens is 2. The average molecular weight is 223 g/mol. The Morgan fingerprint density at radius 2 is 2.27 bits per heavy atom. The maximum Gasteiger partial charge on any atom is 0.409 e. The molecule has 0 bridgehead atoms. The van der Waals surface area contributed by atoms with Crippen molar-refractivity contribution in [3.05, 3.63) is 0 Å². The van der Waals surface area contributed by atoms with Crippen LogP contribution in [0.4, 0.5) is 13.6 Å². The van der Waals surface area contributed by atoms with Gasteiger partial charge >= 0.3 is 6.09 Å². The highest BCUT2D eigenvalue weighted by Crippen LogP contribution is 2.31. The highest BCUT2D eigenvalue weighted by molar-refractivity contribution is 5.68. The first-order valence-corrected chi connectivity index (χ1v) is 4.80. The molecule has 6 heteroatoms. The first kappa shape index (κ1) is 12.2. The molecule has 0 radical (unpaired) electrons. The van der Waals surface area contributed by atoms with E-state index in [0.29, 0.717) is 0 Å². The van der Waals surface area contributed by atoms with Crippen molar-refractivity contribution >= 4 is 6.09 Å². The van der Waals surface area contributed by atoms with E-state index in [1.54, 1.807) is 6.92 Å². The number of carbonyl (C=O) groups is 1. The van der Waals surface area contributed by atoms with Crippen molar-refractivity contribution in [2.45, 2.75) is 25.4 Å². The molecule has 0 spiro atoms. The van der Waals surface area contributed by atoms with Crippen molar-refractivity contribution in [1.29, 1.82) is 0 Å². The Bertz CT molecular complexity index is 237. The zero-order chi connectivity index (χ0) is 11.5. The van der Waals surface area contributed by atoms with E-state index >= 15 is 0 Å². The Hall–Kier alpha value is -0.910. The zero-order valence-electron chi connectivity index (χ0n) is 8.83. The van der Waals surface area contributed by atoms with Crippen LogP contribution in [0.15, 0.2) is 0 Å². The van der Waals surface area contributed by atoms with E-state index in [4.69, 9.17) is 9.47 Å². The summed E-state index contributed by atoms with van der Waals surface area (Å²) in [6.45, 7) is 2.05. The largest absolute Gasteiger partial charge is 0.450 e. The fourth-order valence-electron chi connectivity index (χ4n) is 1.61. The van der Waals surface area contributed by atoms with Crippen molar-refractivity contribution < 1.29 is 23.0 Å². The number of carbonyl (C=O) groups excluding carboxylic acids is 1. The zero-order valence-corrected chi connectivity index (χ0v) is 8.83. The Balaban J connectivity index is 2.60. The molecular formula is C9H15F2NO3. The van der Waals surface area contributed by atoms with Gasteiger partial charge in [0.1, 0.15) is 5.60 Å². The summed E-state index contributed by atoms with van der Waals surface area (Å²) in [5, 5.41) is 0. The van der Waals surface area contributed by atoms with Gasteiger partial charge in [-0.15, -0.1) is 0 Å². The standard InChI is InChI=1S/C9H15F2NO3/c1-3-15-8(13)12-5-4-9(6-12,14-2)7(10)11/h7H,3-6H2,1-2H3. The fourth-order valence-corrected chi connectivity index (χ4v) is 1.61. The van der Waals surface area contributed by atoms with E-state index < -0.39 is 18.1 Å². The molecule has 1 heterocycles. The number of methoxy groups -OCH3 is 1. The van der Waals surface area contributed by atoms with Crippen LogP contribution in [0.5, 0.6) is 0 Å². The molecule has 0 aromatic rings. The number of hydrogen-bond acceptors (Lipinski definition) is 3. The van der Waals surface area contributed by atoms with Gasteiger partial charge in [0.2, 0.25) is 0 Å². The van der Waals surface area contributed by atoms with Crippen LogP contribution in [0, 0.1) is 0 Å². The smallest absolute Gasteiger partial charge is 0.409 e. The second-order valence-corrected chi connectivity index (χ2v) is 3.44. The topological polar surface area (TPSA) is 38.8 Å². The maximum atomic E-state index is 12.7. The first-order valence-electron chi connectivity index (χ1n) is 4.80. The molecule has 88 valence electrons. The van der Waals surface area contributed by atoms with Crippen LogP contribution in [0.2, 0.25) is 0 Å². The van der Waals surface area contributed by atoms with Gasteiger partial charge in [0.15, 0.2) is 0 Å². The SMILES string of the molecule is CCOC(=O)N1CCC(OC)(C(F)F)C1. The summed E-state index contributed by atoms with van der Waals surface area (Å²) in [4.78, 5) is 12.5. The molecule has 0 aliphatic carbocycles. The maximum absolute atomic E-state index is 12.7. The van der Waals surface area contributed by atoms with Gasteiger partial charge < -0.3 is 14.4 Å². The minimum absolute atomic E-state index is 0.111. The summed E-state index contributed by atoms with van der Waals surface area (Å²) in [6.07, 6.45) is -3.01. The van der Waals surface area contributed by atoms with Crippen LogP contribution in [-0.4, -0.2) is 49.8 Å². The van der Waals surface area contributed by atoms with Crippen LogP contribution < -0.4 is 0 Å². The van der Waals surface area contributed by atoms with Gasteiger partial charge in [0.25, 0.3) is 6.43 Å². The predicted molar refractivity (Wildman–Crippen MR) is 49.0 cm³/mol. The third kappa shape index (κ3) is 2.37. The molecule has 1 aliphatic rings. The highest BCUT2D eigenvalue weighted by Gasteiger charge is 2.48.